The van der Waals surface area contributed by atoms with Crippen LogP contribution in [0.4, 0.5) is 0 Å². The maximum absolute atomic E-state index is 12.7. The lowest BCUT2D eigenvalue weighted by atomic mass is 10.1. The Kier molecular flexibility index (Phi) is 4.82. The Morgan fingerprint density at radius 1 is 1.07 bits per heavy atom. The Labute approximate surface area is 157 Å². The standard InChI is InChI=1S/C20H21N5O2/c26-19(12-15-4-5-17-18(11-15)23-14-22-17)24-7-2-8-25(10-9-24)20(27)16-3-1-6-21-13-16/h1,3-6,11,13-14H,2,7-10,12H2,(H,22,23). The minimum absolute atomic E-state index is 0.0258. The Balaban J connectivity index is 1.38. The lowest BCUT2D eigenvalue weighted by Gasteiger charge is -2.22. The largest absolute Gasteiger partial charge is 0.345 e. The molecule has 1 aliphatic heterocycles. The van der Waals surface area contributed by atoms with E-state index in [-0.39, 0.29) is 11.8 Å². The molecule has 138 valence electrons. The van der Waals surface area contributed by atoms with Crippen LogP contribution in [0, 0.1) is 0 Å². The predicted octanol–water partition coefficient (Wildman–Crippen LogP) is 1.88. The molecule has 0 unspecified atom stereocenters. The van der Waals surface area contributed by atoms with Gasteiger partial charge in [0.25, 0.3) is 5.91 Å². The van der Waals surface area contributed by atoms with E-state index in [1.54, 1.807) is 35.8 Å². The molecular weight excluding hydrogens is 342 g/mol. The van der Waals surface area contributed by atoms with Crippen LogP contribution in [0.2, 0.25) is 0 Å². The molecule has 1 saturated heterocycles. The molecule has 0 atom stereocenters. The minimum Gasteiger partial charge on any atom is -0.345 e. The first-order valence-electron chi connectivity index (χ1n) is 9.10. The Hall–Kier alpha value is -3.22. The van der Waals surface area contributed by atoms with Gasteiger partial charge in [-0.3, -0.25) is 14.6 Å². The van der Waals surface area contributed by atoms with Crippen LogP contribution in [0.1, 0.15) is 22.3 Å². The van der Waals surface area contributed by atoms with Gasteiger partial charge in [-0.05, 0) is 36.2 Å². The first-order chi connectivity index (χ1) is 13.2. The van der Waals surface area contributed by atoms with Gasteiger partial charge in [0.1, 0.15) is 0 Å². The van der Waals surface area contributed by atoms with Crippen molar-refractivity contribution in [3.05, 3.63) is 60.2 Å². The molecule has 3 heterocycles. The molecule has 4 rings (SSSR count). The number of carbonyl (C=O) groups excluding carboxylic acids is 2. The lowest BCUT2D eigenvalue weighted by Crippen LogP contribution is -2.38. The fourth-order valence-corrected chi connectivity index (χ4v) is 3.42. The number of pyridine rings is 1. The molecule has 1 aliphatic rings. The summed E-state index contributed by atoms with van der Waals surface area (Å²) in [5.74, 6) is 0.0617. The number of H-pyrrole nitrogens is 1. The number of fused-ring (bicyclic) bond motifs is 1. The summed E-state index contributed by atoms with van der Waals surface area (Å²) < 4.78 is 0. The summed E-state index contributed by atoms with van der Waals surface area (Å²) in [6, 6.07) is 9.37. The van der Waals surface area contributed by atoms with E-state index in [9.17, 15) is 9.59 Å². The van der Waals surface area contributed by atoms with Crippen molar-refractivity contribution in [1.29, 1.82) is 0 Å². The molecule has 1 aromatic carbocycles. The van der Waals surface area contributed by atoms with E-state index in [0.29, 0.717) is 38.2 Å². The molecule has 0 radical (unpaired) electrons. The highest BCUT2D eigenvalue weighted by Gasteiger charge is 2.23. The molecule has 0 spiro atoms. The minimum atomic E-state index is -0.0258. The van der Waals surface area contributed by atoms with Gasteiger partial charge < -0.3 is 14.8 Å². The van der Waals surface area contributed by atoms with Crippen molar-refractivity contribution in [2.45, 2.75) is 12.8 Å². The van der Waals surface area contributed by atoms with Gasteiger partial charge in [0.05, 0.1) is 29.3 Å². The van der Waals surface area contributed by atoms with Crippen LogP contribution in [0.25, 0.3) is 11.0 Å². The number of rotatable bonds is 3. The van der Waals surface area contributed by atoms with Crippen molar-refractivity contribution < 1.29 is 9.59 Å². The van der Waals surface area contributed by atoms with E-state index in [4.69, 9.17) is 0 Å². The number of carbonyl (C=O) groups is 2. The maximum Gasteiger partial charge on any atom is 0.255 e. The summed E-state index contributed by atoms with van der Waals surface area (Å²) in [6.45, 7) is 2.41. The van der Waals surface area contributed by atoms with Crippen LogP contribution in [-0.2, 0) is 11.2 Å². The van der Waals surface area contributed by atoms with Gasteiger partial charge in [0.2, 0.25) is 5.91 Å². The van der Waals surface area contributed by atoms with E-state index >= 15 is 0 Å². The number of hydrogen-bond donors (Lipinski definition) is 1. The molecule has 7 nitrogen and oxygen atoms in total. The summed E-state index contributed by atoms with van der Waals surface area (Å²) in [6.07, 6.45) is 6.02. The van der Waals surface area contributed by atoms with Crippen molar-refractivity contribution in [2.75, 3.05) is 26.2 Å². The number of hydrogen-bond acceptors (Lipinski definition) is 4. The van der Waals surface area contributed by atoms with Crippen LogP contribution in [0.15, 0.2) is 49.1 Å². The zero-order chi connectivity index (χ0) is 18.6. The molecule has 0 saturated carbocycles. The monoisotopic (exact) mass is 363 g/mol. The van der Waals surface area contributed by atoms with Crippen LogP contribution >= 0.6 is 0 Å². The quantitative estimate of drug-likeness (QED) is 0.770. The van der Waals surface area contributed by atoms with Crippen LogP contribution in [0.5, 0.6) is 0 Å². The molecule has 3 aromatic rings. The highest BCUT2D eigenvalue weighted by atomic mass is 16.2. The number of nitrogens with zero attached hydrogens (tertiary/aromatic N) is 4. The van der Waals surface area contributed by atoms with Crippen molar-refractivity contribution in [3.63, 3.8) is 0 Å². The van der Waals surface area contributed by atoms with Gasteiger partial charge in [-0.25, -0.2) is 4.98 Å². The van der Waals surface area contributed by atoms with Gasteiger partial charge >= 0.3 is 0 Å². The van der Waals surface area contributed by atoms with Crippen molar-refractivity contribution >= 4 is 22.8 Å². The molecule has 1 N–H and O–H groups in total. The van der Waals surface area contributed by atoms with E-state index in [0.717, 1.165) is 23.0 Å². The topological polar surface area (TPSA) is 82.2 Å². The van der Waals surface area contributed by atoms with Gasteiger partial charge in [-0.1, -0.05) is 6.07 Å². The first kappa shape index (κ1) is 17.2. The van der Waals surface area contributed by atoms with Gasteiger partial charge in [-0.15, -0.1) is 0 Å². The molecule has 2 amide bonds. The Bertz CT molecular complexity index is 953. The highest BCUT2D eigenvalue weighted by molar-refractivity contribution is 5.94. The van der Waals surface area contributed by atoms with E-state index in [1.165, 1.54) is 0 Å². The second kappa shape index (κ2) is 7.57. The number of aromatic amines is 1. The zero-order valence-electron chi connectivity index (χ0n) is 15.0. The second-order valence-corrected chi connectivity index (χ2v) is 6.70. The summed E-state index contributed by atoms with van der Waals surface area (Å²) in [5.41, 5.74) is 3.38. The number of amides is 2. The smallest absolute Gasteiger partial charge is 0.255 e. The number of imidazole rings is 1. The Morgan fingerprint density at radius 2 is 1.93 bits per heavy atom. The third kappa shape index (κ3) is 3.81. The van der Waals surface area contributed by atoms with Crippen molar-refractivity contribution in [2.24, 2.45) is 0 Å². The molecule has 1 fully saturated rings. The van der Waals surface area contributed by atoms with Gasteiger partial charge in [0.15, 0.2) is 0 Å². The molecular formula is C20H21N5O2. The fourth-order valence-electron chi connectivity index (χ4n) is 3.42. The summed E-state index contributed by atoms with van der Waals surface area (Å²) in [5, 5.41) is 0. The Morgan fingerprint density at radius 3 is 2.78 bits per heavy atom. The third-order valence-electron chi connectivity index (χ3n) is 4.88. The van der Waals surface area contributed by atoms with Gasteiger partial charge in [0, 0.05) is 38.6 Å². The second-order valence-electron chi connectivity index (χ2n) is 6.70. The van der Waals surface area contributed by atoms with E-state index < -0.39 is 0 Å². The highest BCUT2D eigenvalue weighted by Crippen LogP contribution is 2.14. The van der Waals surface area contributed by atoms with E-state index in [1.807, 2.05) is 23.1 Å². The molecule has 2 aromatic heterocycles. The summed E-state index contributed by atoms with van der Waals surface area (Å²) in [4.78, 5) is 40.3. The zero-order valence-corrected chi connectivity index (χ0v) is 15.0. The van der Waals surface area contributed by atoms with Crippen molar-refractivity contribution in [1.82, 2.24) is 24.8 Å². The van der Waals surface area contributed by atoms with Crippen LogP contribution in [-0.4, -0.2) is 62.7 Å². The predicted molar refractivity (Wildman–Crippen MR) is 101 cm³/mol. The molecule has 27 heavy (non-hydrogen) atoms. The van der Waals surface area contributed by atoms with Gasteiger partial charge in [-0.2, -0.15) is 0 Å². The summed E-state index contributed by atoms with van der Waals surface area (Å²) in [7, 11) is 0. The lowest BCUT2D eigenvalue weighted by molar-refractivity contribution is -0.130. The fraction of sp³-hybridized carbons (Fsp3) is 0.300. The van der Waals surface area contributed by atoms with Crippen LogP contribution in [0.3, 0.4) is 0 Å². The first-order valence-corrected chi connectivity index (χ1v) is 9.10. The molecule has 0 aliphatic carbocycles. The number of aromatic nitrogens is 3. The average Bonchev–Trinajstić information content (AvgIpc) is 3.02. The maximum atomic E-state index is 12.7. The number of benzene rings is 1. The van der Waals surface area contributed by atoms with Crippen LogP contribution < -0.4 is 0 Å². The normalized spacial score (nSPS) is 15.0. The average molecular weight is 363 g/mol. The molecule has 7 heteroatoms. The third-order valence-corrected chi connectivity index (χ3v) is 4.88. The van der Waals surface area contributed by atoms with Crippen molar-refractivity contribution in [3.8, 4) is 0 Å². The molecule has 0 bridgehead atoms. The SMILES string of the molecule is O=C(Cc1ccc2nc[nH]c2c1)N1CCCN(C(=O)c2cccnc2)CC1. The van der Waals surface area contributed by atoms with E-state index in [2.05, 4.69) is 15.0 Å². The summed E-state index contributed by atoms with van der Waals surface area (Å²) >= 11 is 0. The number of nitrogens with one attached hydrogen (secondary N) is 1.